The molecule has 0 bridgehead atoms. The highest BCUT2D eigenvalue weighted by molar-refractivity contribution is 6.12. The molecule has 5 atom stereocenters. The van der Waals surface area contributed by atoms with Gasteiger partial charge in [0.15, 0.2) is 17.3 Å². The lowest BCUT2D eigenvalue weighted by molar-refractivity contribution is 0.102. The van der Waals surface area contributed by atoms with Crippen molar-refractivity contribution in [3.63, 3.8) is 0 Å². The van der Waals surface area contributed by atoms with Gasteiger partial charge in [0.05, 0.1) is 0 Å². The highest BCUT2D eigenvalue weighted by atomic mass is 16.1. The maximum absolute atomic E-state index is 13.7. The van der Waals surface area contributed by atoms with E-state index in [4.69, 9.17) is 0 Å². The van der Waals surface area contributed by atoms with Crippen LogP contribution in [0.4, 0.5) is 0 Å². The number of hydrogen-bond acceptors (Lipinski definition) is 3. The van der Waals surface area contributed by atoms with E-state index >= 15 is 0 Å². The van der Waals surface area contributed by atoms with E-state index in [1.54, 1.807) is 0 Å². The van der Waals surface area contributed by atoms with Crippen LogP contribution in [0.5, 0.6) is 0 Å². The monoisotopic (exact) mass is 1160 g/mol. The molecule has 0 spiro atoms. The van der Waals surface area contributed by atoms with Crippen LogP contribution in [0.1, 0.15) is 324 Å². The van der Waals surface area contributed by atoms with E-state index in [1.165, 1.54) is 74.5 Å². The molecule has 2 saturated carbocycles. The Morgan fingerprint density at radius 2 is 0.849 bits per heavy atom. The Morgan fingerprint density at radius 3 is 1.26 bits per heavy atom. The SMILES string of the molecule is CC(C)CCC(C)c1ccc(C(C)(C)C)c(C(=O)c2ccccc2C(C)C)c1.CC(C)c1ccccc1C(=O)c1cc(CCC2CCCC2C)ccc1C(C)(C)C.CC1CCCC(Cc2ccc(C(C)(C)C)c(C(=O)c3ccccc3C(C)C)c2)C1. The van der Waals surface area contributed by atoms with Crippen molar-refractivity contribution in [3.8, 4) is 0 Å². The summed E-state index contributed by atoms with van der Waals surface area (Å²) in [5.74, 6) is 5.96. The summed E-state index contributed by atoms with van der Waals surface area (Å²) in [4.78, 5) is 41.1. The summed E-state index contributed by atoms with van der Waals surface area (Å²) in [7, 11) is 0. The average molecular weight is 1160 g/mol. The van der Waals surface area contributed by atoms with Crippen molar-refractivity contribution in [1.82, 2.24) is 0 Å². The van der Waals surface area contributed by atoms with Crippen molar-refractivity contribution in [2.24, 2.45) is 29.6 Å². The van der Waals surface area contributed by atoms with E-state index in [-0.39, 0.29) is 33.6 Å². The van der Waals surface area contributed by atoms with Crippen LogP contribution in [-0.2, 0) is 29.1 Å². The van der Waals surface area contributed by atoms with E-state index in [9.17, 15) is 14.4 Å². The van der Waals surface area contributed by atoms with Gasteiger partial charge in [-0.2, -0.15) is 0 Å². The van der Waals surface area contributed by atoms with E-state index < -0.39 is 0 Å². The number of rotatable bonds is 18. The van der Waals surface area contributed by atoms with Gasteiger partial charge in [-0.05, 0) is 170 Å². The molecular weight excluding hydrogens is 1040 g/mol. The smallest absolute Gasteiger partial charge is 0.193 e. The number of carbonyl (C=O) groups excluding carboxylic acids is 3. The molecule has 2 aliphatic carbocycles. The van der Waals surface area contributed by atoms with E-state index in [2.05, 4.69) is 211 Å². The summed E-state index contributed by atoms with van der Waals surface area (Å²) < 4.78 is 0. The Balaban J connectivity index is 0.000000206. The number of aryl methyl sites for hydroxylation is 1. The molecule has 464 valence electrons. The lowest BCUT2D eigenvalue weighted by atomic mass is 9.77. The predicted molar refractivity (Wildman–Crippen MR) is 369 cm³/mol. The minimum Gasteiger partial charge on any atom is -0.289 e. The normalized spacial score (nSPS) is 17.7. The minimum absolute atomic E-state index is 0.0593. The lowest BCUT2D eigenvalue weighted by Crippen LogP contribution is -2.20. The van der Waals surface area contributed by atoms with Gasteiger partial charge in [-0.15, -0.1) is 0 Å². The standard InChI is InChI=1S/2C28H38O.C27H38O/c1-19(2)23-12-7-8-13-24(23)27(29)25-18-21(15-17-26(25)28(4,5)6)14-16-22-11-9-10-20(22)3;1-19(2)23-12-7-8-13-24(23)27(29)25-18-22(14-15-26(25)28(4,5)6)17-21-11-9-10-20(3)16-21;1-18(2)13-14-20(5)21-15-16-25(27(6,7)8)24(17-21)26(28)23-12-10-9-11-22(23)19(3)4/h7-8,12-13,15,17-20,22H,9-11,14,16H2,1-6H3;7-8,12-15,18-21H,9-11,16-17H2,1-6H3;9-12,15-20H,13-14H2,1-8H3. The molecule has 6 aromatic carbocycles. The number of hydrogen-bond donors (Lipinski definition) is 0. The number of carbonyl (C=O) groups is 3. The van der Waals surface area contributed by atoms with Crippen LogP contribution in [-0.4, -0.2) is 17.3 Å². The first-order chi connectivity index (χ1) is 40.4. The van der Waals surface area contributed by atoms with Crippen molar-refractivity contribution >= 4 is 17.3 Å². The Kier molecular flexibility index (Phi) is 24.6. The van der Waals surface area contributed by atoms with E-state index in [0.717, 1.165) is 110 Å². The summed E-state index contributed by atoms with van der Waals surface area (Å²) in [5.41, 5.74) is 15.8. The highest BCUT2D eigenvalue weighted by Gasteiger charge is 2.30. The zero-order chi connectivity index (χ0) is 63.4. The topological polar surface area (TPSA) is 51.2 Å². The number of ketones is 3. The summed E-state index contributed by atoms with van der Waals surface area (Å²) in [6.07, 6.45) is 15.3. The van der Waals surface area contributed by atoms with Crippen LogP contribution >= 0.6 is 0 Å². The van der Waals surface area contributed by atoms with Crippen LogP contribution in [0.2, 0.25) is 0 Å². The lowest BCUT2D eigenvalue weighted by Gasteiger charge is -2.28. The third kappa shape index (κ3) is 18.7. The second kappa shape index (κ2) is 30.5. The average Bonchev–Trinajstić information content (AvgIpc) is 1.30. The Labute approximate surface area is 524 Å². The zero-order valence-electron chi connectivity index (χ0n) is 57.5. The van der Waals surface area contributed by atoms with Crippen molar-refractivity contribution < 1.29 is 14.4 Å². The molecule has 86 heavy (non-hydrogen) atoms. The van der Waals surface area contributed by atoms with Gasteiger partial charge in [0.25, 0.3) is 0 Å². The van der Waals surface area contributed by atoms with Crippen molar-refractivity contribution in [1.29, 1.82) is 0 Å². The molecule has 0 aromatic heterocycles. The Bertz CT molecular complexity index is 3190. The minimum atomic E-state index is -0.0720. The fourth-order valence-corrected chi connectivity index (χ4v) is 13.7. The first-order valence-electron chi connectivity index (χ1n) is 33.7. The molecule has 0 aliphatic heterocycles. The van der Waals surface area contributed by atoms with E-state index in [0.29, 0.717) is 29.6 Å². The van der Waals surface area contributed by atoms with Crippen molar-refractivity contribution in [3.05, 3.63) is 211 Å². The first kappa shape index (κ1) is 69.4. The van der Waals surface area contributed by atoms with Gasteiger partial charge >= 0.3 is 0 Å². The molecular formula is C83H114O3. The zero-order valence-corrected chi connectivity index (χ0v) is 57.5. The largest absolute Gasteiger partial charge is 0.289 e. The van der Waals surface area contributed by atoms with Gasteiger partial charge in [0, 0.05) is 33.4 Å². The summed E-state index contributed by atoms with van der Waals surface area (Å²) in [5, 5.41) is 0. The molecule has 8 rings (SSSR count). The molecule has 0 heterocycles. The van der Waals surface area contributed by atoms with Crippen LogP contribution in [0, 0.1) is 29.6 Å². The van der Waals surface area contributed by atoms with Gasteiger partial charge in [0.2, 0.25) is 0 Å². The van der Waals surface area contributed by atoms with Crippen LogP contribution in [0.25, 0.3) is 0 Å². The highest BCUT2D eigenvalue weighted by Crippen LogP contribution is 2.39. The molecule has 6 aromatic rings. The fourth-order valence-electron chi connectivity index (χ4n) is 13.7. The molecule has 0 N–H and O–H groups in total. The number of benzene rings is 6. The molecule has 3 nitrogen and oxygen atoms in total. The maximum atomic E-state index is 13.7. The summed E-state index contributed by atoms with van der Waals surface area (Å²) >= 11 is 0. The Hall–Kier alpha value is -5.67. The molecule has 2 aliphatic rings. The second-order valence-electron chi connectivity index (χ2n) is 30.9. The molecule has 5 unspecified atom stereocenters. The third-order valence-corrected chi connectivity index (χ3v) is 19.0. The van der Waals surface area contributed by atoms with Gasteiger partial charge in [0.1, 0.15) is 0 Å². The van der Waals surface area contributed by atoms with E-state index in [1.807, 2.05) is 54.6 Å². The third-order valence-electron chi connectivity index (χ3n) is 19.0. The molecule has 0 saturated heterocycles. The second-order valence-corrected chi connectivity index (χ2v) is 30.9. The van der Waals surface area contributed by atoms with Crippen LogP contribution in [0.3, 0.4) is 0 Å². The van der Waals surface area contributed by atoms with Gasteiger partial charge < -0.3 is 0 Å². The molecule has 0 radical (unpaired) electrons. The summed E-state index contributed by atoms with van der Waals surface area (Å²) in [6.45, 7) is 44.4. The van der Waals surface area contributed by atoms with Gasteiger partial charge in [-0.25, -0.2) is 0 Å². The maximum Gasteiger partial charge on any atom is 0.193 e. The predicted octanol–water partition coefficient (Wildman–Crippen LogP) is 23.3. The van der Waals surface area contributed by atoms with Gasteiger partial charge in [-0.1, -0.05) is 293 Å². The molecule has 3 heteroatoms. The van der Waals surface area contributed by atoms with Gasteiger partial charge in [-0.3, -0.25) is 14.4 Å². The molecule has 0 amide bonds. The van der Waals surface area contributed by atoms with Crippen molar-refractivity contribution in [2.45, 2.75) is 255 Å². The van der Waals surface area contributed by atoms with Crippen LogP contribution < -0.4 is 0 Å². The quantitative estimate of drug-likeness (QED) is 0.0806. The molecule has 2 fully saturated rings. The fraction of sp³-hybridized carbons (Fsp3) is 0.530. The first-order valence-corrected chi connectivity index (χ1v) is 33.7. The Morgan fingerprint density at radius 1 is 0.442 bits per heavy atom. The van der Waals surface area contributed by atoms with Crippen LogP contribution in [0.15, 0.2) is 127 Å². The van der Waals surface area contributed by atoms with Crippen molar-refractivity contribution in [2.75, 3.05) is 0 Å². The summed E-state index contributed by atoms with van der Waals surface area (Å²) in [6, 6.07) is 44.3.